The molecule has 1 amide bonds. The first kappa shape index (κ1) is 13.8. The summed E-state index contributed by atoms with van der Waals surface area (Å²) in [4.78, 5) is 19.0. The molecule has 116 valence electrons. The Morgan fingerprint density at radius 3 is 3.14 bits per heavy atom. The topological polar surface area (TPSA) is 63.1 Å². The second kappa shape index (κ2) is 5.39. The third-order valence-corrected chi connectivity index (χ3v) is 5.04. The van der Waals surface area contributed by atoms with E-state index in [0.717, 1.165) is 30.1 Å². The number of fused-ring (bicyclic) bond motifs is 1. The lowest BCUT2D eigenvalue weighted by molar-refractivity contribution is 0.0741. The number of anilines is 1. The van der Waals surface area contributed by atoms with Crippen molar-refractivity contribution in [2.45, 2.75) is 38.3 Å². The van der Waals surface area contributed by atoms with Gasteiger partial charge < -0.3 is 10.2 Å². The van der Waals surface area contributed by atoms with E-state index in [9.17, 15) is 4.79 Å². The Hall–Kier alpha value is -1.89. The Morgan fingerprint density at radius 2 is 2.32 bits per heavy atom. The van der Waals surface area contributed by atoms with Gasteiger partial charge in [-0.2, -0.15) is 5.10 Å². The molecule has 2 aliphatic rings. The molecule has 0 spiro atoms. The van der Waals surface area contributed by atoms with Crippen molar-refractivity contribution in [1.82, 2.24) is 19.7 Å². The maximum Gasteiger partial charge on any atom is 0.273 e. The lowest BCUT2D eigenvalue weighted by Gasteiger charge is -2.18. The number of thiazole rings is 1. The molecule has 2 aromatic rings. The van der Waals surface area contributed by atoms with Gasteiger partial charge in [-0.25, -0.2) is 4.98 Å². The Balaban J connectivity index is 1.50. The van der Waals surface area contributed by atoms with Gasteiger partial charge in [0, 0.05) is 42.8 Å². The van der Waals surface area contributed by atoms with Gasteiger partial charge in [-0.3, -0.25) is 9.48 Å². The SMILES string of the molecule is Cn1ncc2c1CCCN(C(=O)c1csc(NC3CC3)n1)C2. The van der Waals surface area contributed by atoms with Crippen LogP contribution >= 0.6 is 11.3 Å². The summed E-state index contributed by atoms with van der Waals surface area (Å²) in [7, 11) is 1.96. The first-order valence-corrected chi connectivity index (χ1v) is 8.60. The van der Waals surface area contributed by atoms with Gasteiger partial charge in [-0.05, 0) is 25.7 Å². The van der Waals surface area contributed by atoms with E-state index < -0.39 is 0 Å². The molecule has 0 bridgehead atoms. The van der Waals surface area contributed by atoms with E-state index in [-0.39, 0.29) is 5.91 Å². The lowest BCUT2D eigenvalue weighted by Crippen LogP contribution is -2.30. The predicted octanol–water partition coefficient (Wildman–Crippen LogP) is 2.04. The van der Waals surface area contributed by atoms with Crippen molar-refractivity contribution in [1.29, 1.82) is 0 Å². The molecule has 0 atom stereocenters. The maximum atomic E-state index is 12.7. The van der Waals surface area contributed by atoms with Crippen LogP contribution in [-0.2, 0) is 20.0 Å². The van der Waals surface area contributed by atoms with E-state index in [1.165, 1.54) is 29.9 Å². The van der Waals surface area contributed by atoms with Gasteiger partial charge in [-0.1, -0.05) is 0 Å². The largest absolute Gasteiger partial charge is 0.359 e. The summed E-state index contributed by atoms with van der Waals surface area (Å²) in [5, 5.41) is 10.4. The number of carbonyl (C=O) groups is 1. The highest BCUT2D eigenvalue weighted by Gasteiger charge is 2.25. The van der Waals surface area contributed by atoms with Crippen LogP contribution < -0.4 is 5.32 Å². The highest BCUT2D eigenvalue weighted by molar-refractivity contribution is 7.13. The molecule has 2 aromatic heterocycles. The molecule has 7 heteroatoms. The summed E-state index contributed by atoms with van der Waals surface area (Å²) >= 11 is 1.52. The predicted molar refractivity (Wildman–Crippen MR) is 85.0 cm³/mol. The number of carbonyl (C=O) groups excluding carboxylic acids is 1. The minimum Gasteiger partial charge on any atom is -0.359 e. The van der Waals surface area contributed by atoms with Gasteiger partial charge >= 0.3 is 0 Å². The van der Waals surface area contributed by atoms with Crippen LogP contribution in [0, 0.1) is 0 Å². The van der Waals surface area contributed by atoms with Gasteiger partial charge in [0.05, 0.1) is 6.20 Å². The molecule has 0 radical (unpaired) electrons. The average molecular weight is 317 g/mol. The molecule has 22 heavy (non-hydrogen) atoms. The lowest BCUT2D eigenvalue weighted by atomic mass is 10.2. The molecular weight excluding hydrogens is 298 g/mol. The first-order chi connectivity index (χ1) is 10.7. The third kappa shape index (κ3) is 2.61. The van der Waals surface area contributed by atoms with Gasteiger partial charge in [0.1, 0.15) is 5.69 Å². The standard InChI is InChI=1S/C15H19N5OS/c1-19-13-3-2-6-20(8-10(13)7-16-19)14(21)12-9-22-15(18-12)17-11-4-5-11/h7,9,11H,2-6,8H2,1H3,(H,17,18). The Kier molecular flexibility index (Phi) is 3.37. The smallest absolute Gasteiger partial charge is 0.273 e. The van der Waals surface area contributed by atoms with Crippen LogP contribution in [0.1, 0.15) is 41.0 Å². The number of hydrogen-bond acceptors (Lipinski definition) is 5. The molecule has 6 nitrogen and oxygen atoms in total. The van der Waals surface area contributed by atoms with E-state index in [1.54, 1.807) is 0 Å². The van der Waals surface area contributed by atoms with Gasteiger partial charge in [0.25, 0.3) is 5.91 Å². The number of nitrogens with one attached hydrogen (secondary N) is 1. The molecule has 4 rings (SSSR count). The summed E-state index contributed by atoms with van der Waals surface area (Å²) in [6, 6.07) is 0.560. The second-order valence-corrected chi connectivity index (χ2v) is 6.88. The van der Waals surface area contributed by atoms with Crippen LogP contribution in [-0.4, -0.2) is 38.2 Å². The zero-order valence-electron chi connectivity index (χ0n) is 12.6. The van der Waals surface area contributed by atoms with Crippen molar-refractivity contribution in [3.63, 3.8) is 0 Å². The molecule has 0 saturated heterocycles. The molecule has 1 saturated carbocycles. The number of amides is 1. The second-order valence-electron chi connectivity index (χ2n) is 6.03. The van der Waals surface area contributed by atoms with Crippen molar-refractivity contribution < 1.29 is 4.79 Å². The summed E-state index contributed by atoms with van der Waals surface area (Å²) < 4.78 is 1.92. The molecule has 1 N–H and O–H groups in total. The number of rotatable bonds is 3. The molecule has 3 heterocycles. The quantitative estimate of drug-likeness (QED) is 0.941. The molecular formula is C15H19N5OS. The fourth-order valence-electron chi connectivity index (χ4n) is 2.86. The zero-order chi connectivity index (χ0) is 15.1. The van der Waals surface area contributed by atoms with Crippen LogP contribution in [0.15, 0.2) is 11.6 Å². The average Bonchev–Trinajstić information content (AvgIpc) is 3.16. The summed E-state index contributed by atoms with van der Waals surface area (Å²) in [6.07, 6.45) is 6.23. The molecule has 1 fully saturated rings. The Bertz CT molecular complexity index is 703. The fraction of sp³-hybridized carbons (Fsp3) is 0.533. The Morgan fingerprint density at radius 1 is 1.45 bits per heavy atom. The van der Waals surface area contributed by atoms with Crippen LogP contribution in [0.2, 0.25) is 0 Å². The van der Waals surface area contributed by atoms with Crippen LogP contribution in [0.25, 0.3) is 0 Å². The first-order valence-electron chi connectivity index (χ1n) is 7.72. The van der Waals surface area contributed by atoms with E-state index >= 15 is 0 Å². The number of aromatic nitrogens is 3. The number of nitrogens with zero attached hydrogens (tertiary/aromatic N) is 4. The fourth-order valence-corrected chi connectivity index (χ4v) is 3.62. The van der Waals surface area contributed by atoms with Crippen molar-refractivity contribution in [2.24, 2.45) is 7.05 Å². The van der Waals surface area contributed by atoms with Crippen LogP contribution in [0.3, 0.4) is 0 Å². The van der Waals surface area contributed by atoms with Crippen molar-refractivity contribution in [2.75, 3.05) is 11.9 Å². The van der Waals surface area contributed by atoms with Crippen molar-refractivity contribution in [3.05, 3.63) is 28.5 Å². The van der Waals surface area contributed by atoms with E-state index in [1.807, 2.05) is 28.2 Å². The van der Waals surface area contributed by atoms with Gasteiger partial charge in [0.2, 0.25) is 0 Å². The molecule has 1 aliphatic carbocycles. The molecule has 0 unspecified atom stereocenters. The van der Waals surface area contributed by atoms with E-state index in [4.69, 9.17) is 0 Å². The zero-order valence-corrected chi connectivity index (χ0v) is 13.4. The van der Waals surface area contributed by atoms with E-state index in [2.05, 4.69) is 15.4 Å². The Labute approximate surface area is 133 Å². The number of aryl methyl sites for hydroxylation is 1. The molecule has 1 aliphatic heterocycles. The number of hydrogen-bond donors (Lipinski definition) is 1. The minimum atomic E-state index is 0.0248. The van der Waals surface area contributed by atoms with Crippen molar-refractivity contribution >= 4 is 22.4 Å². The highest BCUT2D eigenvalue weighted by Crippen LogP contribution is 2.27. The van der Waals surface area contributed by atoms with Gasteiger partial charge in [-0.15, -0.1) is 11.3 Å². The monoisotopic (exact) mass is 317 g/mol. The molecule has 0 aromatic carbocycles. The minimum absolute atomic E-state index is 0.0248. The van der Waals surface area contributed by atoms with E-state index in [0.29, 0.717) is 18.3 Å². The third-order valence-electron chi connectivity index (χ3n) is 4.27. The normalized spacial score (nSPS) is 18.0. The van der Waals surface area contributed by atoms with Crippen LogP contribution in [0.5, 0.6) is 0 Å². The van der Waals surface area contributed by atoms with Crippen molar-refractivity contribution in [3.8, 4) is 0 Å². The summed E-state index contributed by atoms with van der Waals surface area (Å²) in [6.45, 7) is 1.40. The summed E-state index contributed by atoms with van der Waals surface area (Å²) in [5.41, 5.74) is 2.95. The van der Waals surface area contributed by atoms with Crippen LogP contribution in [0.4, 0.5) is 5.13 Å². The highest BCUT2D eigenvalue weighted by atomic mass is 32.1. The maximum absolute atomic E-state index is 12.7. The van der Waals surface area contributed by atoms with Gasteiger partial charge in [0.15, 0.2) is 5.13 Å². The summed E-state index contributed by atoms with van der Waals surface area (Å²) in [5.74, 6) is 0.0248.